The lowest BCUT2D eigenvalue weighted by Gasteiger charge is -2.13. The van der Waals surface area contributed by atoms with Crippen LogP contribution in [0.25, 0.3) is 0 Å². The lowest BCUT2D eigenvalue weighted by atomic mass is 10.1. The summed E-state index contributed by atoms with van der Waals surface area (Å²) >= 11 is 5.06. The second kappa shape index (κ2) is 6.51. The molecule has 1 heterocycles. The zero-order valence-corrected chi connectivity index (χ0v) is 11.4. The van der Waals surface area contributed by atoms with Gasteiger partial charge in [-0.1, -0.05) is 12.2 Å². The van der Waals surface area contributed by atoms with Gasteiger partial charge in [0.15, 0.2) is 0 Å². The average molecular weight is 253 g/mol. The molecule has 0 amide bonds. The molecule has 0 bridgehead atoms. The predicted octanol–water partition coefficient (Wildman–Crippen LogP) is 1.78. The van der Waals surface area contributed by atoms with E-state index in [1.165, 1.54) is 0 Å². The predicted molar refractivity (Wildman–Crippen MR) is 74.6 cm³/mol. The number of nitrogens with zero attached hydrogens (tertiary/aromatic N) is 1. The first-order valence-electron chi connectivity index (χ1n) is 5.57. The summed E-state index contributed by atoms with van der Waals surface area (Å²) in [6, 6.07) is 1.98. The van der Waals surface area contributed by atoms with Crippen LogP contribution < -0.4 is 11.1 Å². The number of nitrogens with one attached hydrogen (secondary N) is 1. The molecule has 0 spiro atoms. The Morgan fingerprint density at radius 3 is 2.82 bits per heavy atom. The van der Waals surface area contributed by atoms with E-state index in [-0.39, 0.29) is 0 Å². The molecule has 1 rings (SSSR count). The van der Waals surface area contributed by atoms with Crippen molar-refractivity contribution in [3.05, 3.63) is 22.9 Å². The Labute approximate surface area is 108 Å². The number of hydrogen-bond donors (Lipinski definition) is 2. The maximum Gasteiger partial charge on any atom is 0.136 e. The monoisotopic (exact) mass is 253 g/mol. The number of anilines is 1. The Morgan fingerprint density at radius 1 is 1.53 bits per heavy atom. The van der Waals surface area contributed by atoms with Crippen molar-refractivity contribution >= 4 is 23.0 Å². The van der Waals surface area contributed by atoms with Crippen LogP contribution in [0, 0.1) is 13.8 Å². The molecule has 0 atom stereocenters. The number of methoxy groups -OCH3 is 1. The van der Waals surface area contributed by atoms with Crippen molar-refractivity contribution in [1.82, 2.24) is 4.98 Å². The van der Waals surface area contributed by atoms with E-state index in [1.54, 1.807) is 7.11 Å². The quantitative estimate of drug-likeness (QED) is 0.598. The Hall–Kier alpha value is -1.20. The van der Waals surface area contributed by atoms with Crippen LogP contribution in [0.3, 0.4) is 0 Å². The second-order valence-corrected chi connectivity index (χ2v) is 4.38. The number of thiocarbonyl (C=S) groups is 1. The van der Waals surface area contributed by atoms with E-state index in [1.807, 2.05) is 19.9 Å². The van der Waals surface area contributed by atoms with Crippen LogP contribution in [0.2, 0.25) is 0 Å². The molecule has 0 radical (unpaired) electrons. The van der Waals surface area contributed by atoms with Gasteiger partial charge in [-0.15, -0.1) is 0 Å². The Bertz CT molecular complexity index is 407. The molecule has 0 fully saturated rings. The van der Waals surface area contributed by atoms with E-state index < -0.39 is 0 Å². The summed E-state index contributed by atoms with van der Waals surface area (Å²) in [6.45, 7) is 5.46. The maximum atomic E-state index is 5.72. The number of nitrogens with two attached hydrogens (primary N) is 1. The molecular formula is C12H19N3OS. The topological polar surface area (TPSA) is 60.2 Å². The first-order chi connectivity index (χ1) is 8.06. The molecule has 17 heavy (non-hydrogen) atoms. The van der Waals surface area contributed by atoms with Crippen molar-refractivity contribution in [1.29, 1.82) is 0 Å². The highest BCUT2D eigenvalue weighted by molar-refractivity contribution is 7.80. The first-order valence-corrected chi connectivity index (χ1v) is 5.98. The number of rotatable bonds is 6. The van der Waals surface area contributed by atoms with Crippen molar-refractivity contribution in [2.24, 2.45) is 5.73 Å². The number of hydrogen-bond acceptors (Lipinski definition) is 4. The van der Waals surface area contributed by atoms with Gasteiger partial charge in [0.2, 0.25) is 0 Å². The standard InChI is InChI=1S/C12H19N3OS/c1-8-7-9(2)15-12(10(8)11(13)17)14-5-4-6-16-3/h7H,4-6H2,1-3H3,(H2,13,17)(H,14,15). The lowest BCUT2D eigenvalue weighted by Crippen LogP contribution is -2.17. The number of aromatic nitrogens is 1. The molecule has 0 aliphatic heterocycles. The second-order valence-electron chi connectivity index (χ2n) is 3.94. The molecule has 1 aromatic rings. The Kier molecular flexibility index (Phi) is 5.31. The van der Waals surface area contributed by atoms with E-state index in [9.17, 15) is 0 Å². The third-order valence-corrected chi connectivity index (χ3v) is 2.61. The van der Waals surface area contributed by atoms with Crippen LogP contribution in [0.4, 0.5) is 5.82 Å². The molecule has 0 saturated carbocycles. The van der Waals surface area contributed by atoms with Crippen molar-refractivity contribution in [3.8, 4) is 0 Å². The Balaban J connectivity index is 2.85. The summed E-state index contributed by atoms with van der Waals surface area (Å²) in [5, 5.41) is 3.25. The summed E-state index contributed by atoms with van der Waals surface area (Å²) in [7, 11) is 1.69. The normalized spacial score (nSPS) is 10.3. The highest BCUT2D eigenvalue weighted by Gasteiger charge is 2.10. The molecule has 4 nitrogen and oxygen atoms in total. The molecule has 0 unspecified atom stereocenters. The van der Waals surface area contributed by atoms with Crippen LogP contribution in [0.15, 0.2) is 6.07 Å². The first kappa shape index (κ1) is 13.9. The van der Waals surface area contributed by atoms with Gasteiger partial charge in [0, 0.05) is 26.0 Å². The third kappa shape index (κ3) is 3.94. The molecule has 94 valence electrons. The zero-order chi connectivity index (χ0) is 12.8. The molecule has 0 aliphatic carbocycles. The zero-order valence-electron chi connectivity index (χ0n) is 10.5. The minimum absolute atomic E-state index is 0.379. The van der Waals surface area contributed by atoms with Crippen molar-refractivity contribution in [2.45, 2.75) is 20.3 Å². The highest BCUT2D eigenvalue weighted by Crippen LogP contribution is 2.18. The van der Waals surface area contributed by atoms with Crippen LogP contribution in [0.5, 0.6) is 0 Å². The number of ether oxygens (including phenoxy) is 1. The number of pyridine rings is 1. The lowest BCUT2D eigenvalue weighted by molar-refractivity contribution is 0.198. The fourth-order valence-electron chi connectivity index (χ4n) is 1.70. The van der Waals surface area contributed by atoms with Gasteiger partial charge >= 0.3 is 0 Å². The van der Waals surface area contributed by atoms with Crippen molar-refractivity contribution in [3.63, 3.8) is 0 Å². The van der Waals surface area contributed by atoms with E-state index in [4.69, 9.17) is 22.7 Å². The van der Waals surface area contributed by atoms with Gasteiger partial charge in [0.25, 0.3) is 0 Å². The van der Waals surface area contributed by atoms with E-state index in [0.717, 1.165) is 42.2 Å². The summed E-state index contributed by atoms with van der Waals surface area (Å²) < 4.78 is 4.99. The molecule has 0 saturated heterocycles. The van der Waals surface area contributed by atoms with E-state index >= 15 is 0 Å². The van der Waals surface area contributed by atoms with Gasteiger partial charge in [0.05, 0.1) is 5.56 Å². The fourth-order valence-corrected chi connectivity index (χ4v) is 1.96. The summed E-state index contributed by atoms with van der Waals surface area (Å²) in [5.74, 6) is 0.770. The van der Waals surface area contributed by atoms with E-state index in [2.05, 4.69) is 10.3 Å². The SMILES string of the molecule is COCCCNc1nc(C)cc(C)c1C(N)=S. The van der Waals surface area contributed by atoms with Crippen molar-refractivity contribution < 1.29 is 4.74 Å². The fraction of sp³-hybridized carbons (Fsp3) is 0.500. The molecular weight excluding hydrogens is 234 g/mol. The van der Waals surface area contributed by atoms with Crippen LogP contribution in [0.1, 0.15) is 23.2 Å². The van der Waals surface area contributed by atoms with Crippen LogP contribution in [-0.2, 0) is 4.74 Å². The minimum atomic E-state index is 0.379. The van der Waals surface area contributed by atoms with Gasteiger partial charge in [-0.25, -0.2) is 4.98 Å². The third-order valence-electron chi connectivity index (χ3n) is 2.41. The van der Waals surface area contributed by atoms with Crippen LogP contribution >= 0.6 is 12.2 Å². The van der Waals surface area contributed by atoms with Crippen LogP contribution in [-0.4, -0.2) is 30.2 Å². The molecule has 5 heteroatoms. The van der Waals surface area contributed by atoms with Gasteiger partial charge < -0.3 is 15.8 Å². The minimum Gasteiger partial charge on any atom is -0.389 e. The molecule has 3 N–H and O–H groups in total. The maximum absolute atomic E-state index is 5.72. The highest BCUT2D eigenvalue weighted by atomic mass is 32.1. The van der Waals surface area contributed by atoms with Gasteiger partial charge in [-0.2, -0.15) is 0 Å². The van der Waals surface area contributed by atoms with E-state index in [0.29, 0.717) is 4.99 Å². The number of aryl methyl sites for hydroxylation is 2. The smallest absolute Gasteiger partial charge is 0.136 e. The van der Waals surface area contributed by atoms with Crippen molar-refractivity contribution in [2.75, 3.05) is 25.6 Å². The summed E-state index contributed by atoms with van der Waals surface area (Å²) in [5.41, 5.74) is 8.57. The summed E-state index contributed by atoms with van der Waals surface area (Å²) in [6.07, 6.45) is 0.919. The summed E-state index contributed by atoms with van der Waals surface area (Å²) in [4.78, 5) is 4.81. The molecule has 0 aliphatic rings. The molecule has 0 aromatic carbocycles. The van der Waals surface area contributed by atoms with Gasteiger partial charge in [0.1, 0.15) is 10.8 Å². The molecule has 1 aromatic heterocycles. The van der Waals surface area contributed by atoms with Gasteiger partial charge in [-0.05, 0) is 31.9 Å². The Morgan fingerprint density at radius 2 is 2.24 bits per heavy atom. The largest absolute Gasteiger partial charge is 0.389 e. The average Bonchev–Trinajstić information content (AvgIpc) is 2.22. The van der Waals surface area contributed by atoms with Gasteiger partial charge in [-0.3, -0.25) is 0 Å².